The molecule has 2 saturated carbocycles. The van der Waals surface area contributed by atoms with Crippen molar-refractivity contribution in [1.82, 2.24) is 0 Å². The van der Waals surface area contributed by atoms with E-state index in [4.69, 9.17) is 4.74 Å². The maximum atomic E-state index is 11.7. The predicted octanol–water partition coefficient (Wildman–Crippen LogP) is 4.73. The standard InChI is InChI=1S/C22H36O3/c1-13(2)16-8-7-14(3)19-17(16)9-11-21(5)18(25-15(4)23)10-12-22(6,24)20(19)21/h7,13,16-20,24H,8-12H2,1-6H3. The summed E-state index contributed by atoms with van der Waals surface area (Å²) < 4.78 is 5.78. The number of esters is 1. The van der Waals surface area contributed by atoms with Crippen LogP contribution in [0.1, 0.15) is 73.6 Å². The fourth-order valence-electron chi connectivity index (χ4n) is 6.71. The Morgan fingerprint density at radius 3 is 2.56 bits per heavy atom. The van der Waals surface area contributed by atoms with Crippen LogP contribution in [0.2, 0.25) is 0 Å². The number of fused-ring (bicyclic) bond motifs is 3. The van der Waals surface area contributed by atoms with Crippen molar-refractivity contribution >= 4 is 5.97 Å². The van der Waals surface area contributed by atoms with E-state index in [2.05, 4.69) is 33.8 Å². The van der Waals surface area contributed by atoms with Gasteiger partial charge in [0.2, 0.25) is 0 Å². The monoisotopic (exact) mass is 348 g/mol. The summed E-state index contributed by atoms with van der Waals surface area (Å²) in [6.07, 6.45) is 7.24. The minimum atomic E-state index is -0.692. The Morgan fingerprint density at radius 2 is 1.96 bits per heavy atom. The zero-order chi connectivity index (χ0) is 18.6. The van der Waals surface area contributed by atoms with E-state index in [1.54, 1.807) is 0 Å². The van der Waals surface area contributed by atoms with Crippen LogP contribution >= 0.6 is 0 Å². The highest BCUT2D eigenvalue weighted by Crippen LogP contribution is 2.62. The van der Waals surface area contributed by atoms with E-state index in [0.717, 1.165) is 12.8 Å². The van der Waals surface area contributed by atoms with Gasteiger partial charge in [0.25, 0.3) is 0 Å². The highest BCUT2D eigenvalue weighted by atomic mass is 16.5. The molecule has 7 atom stereocenters. The Kier molecular flexibility index (Phi) is 4.85. The second-order valence-corrected chi connectivity index (χ2v) is 9.80. The lowest BCUT2D eigenvalue weighted by Gasteiger charge is -2.62. The van der Waals surface area contributed by atoms with Gasteiger partial charge in [0.1, 0.15) is 6.10 Å². The number of carbonyl (C=O) groups excluding carboxylic acids is 1. The van der Waals surface area contributed by atoms with Crippen molar-refractivity contribution in [2.75, 3.05) is 0 Å². The SMILES string of the molecule is CC(=O)OC1CCC(C)(O)C2C3C(C)=CCC(C(C)C)C3CCC12C. The van der Waals surface area contributed by atoms with Gasteiger partial charge in [0.15, 0.2) is 0 Å². The zero-order valence-electron chi connectivity index (χ0n) is 16.8. The molecule has 3 heteroatoms. The first-order valence-corrected chi connectivity index (χ1v) is 10.1. The van der Waals surface area contributed by atoms with Crippen molar-refractivity contribution in [3.8, 4) is 0 Å². The first kappa shape index (κ1) is 18.9. The van der Waals surface area contributed by atoms with Gasteiger partial charge in [-0.1, -0.05) is 32.4 Å². The van der Waals surface area contributed by atoms with Crippen LogP contribution in [0.25, 0.3) is 0 Å². The summed E-state index contributed by atoms with van der Waals surface area (Å²) in [6.45, 7) is 12.7. The Bertz CT molecular complexity index is 562. The van der Waals surface area contributed by atoms with Crippen LogP contribution in [0.5, 0.6) is 0 Å². The van der Waals surface area contributed by atoms with Crippen LogP contribution in [-0.4, -0.2) is 22.8 Å². The number of carbonyl (C=O) groups is 1. The molecule has 0 radical (unpaired) electrons. The summed E-state index contributed by atoms with van der Waals surface area (Å²) in [7, 11) is 0. The first-order valence-electron chi connectivity index (χ1n) is 10.1. The lowest BCUT2D eigenvalue weighted by atomic mass is 9.45. The van der Waals surface area contributed by atoms with Crippen LogP contribution in [0.4, 0.5) is 0 Å². The number of rotatable bonds is 2. The summed E-state index contributed by atoms with van der Waals surface area (Å²) in [6, 6.07) is 0. The normalized spacial score (nSPS) is 46.9. The van der Waals surface area contributed by atoms with Gasteiger partial charge in [-0.2, -0.15) is 0 Å². The van der Waals surface area contributed by atoms with Gasteiger partial charge >= 0.3 is 5.97 Å². The van der Waals surface area contributed by atoms with Gasteiger partial charge < -0.3 is 9.84 Å². The molecule has 0 saturated heterocycles. The number of hydrogen-bond donors (Lipinski definition) is 1. The van der Waals surface area contributed by atoms with Gasteiger partial charge in [-0.15, -0.1) is 0 Å². The van der Waals surface area contributed by atoms with E-state index < -0.39 is 5.60 Å². The highest BCUT2D eigenvalue weighted by molar-refractivity contribution is 5.66. The summed E-state index contributed by atoms with van der Waals surface area (Å²) in [5.41, 5.74) is 0.618. The smallest absolute Gasteiger partial charge is 0.302 e. The molecular weight excluding hydrogens is 312 g/mol. The maximum Gasteiger partial charge on any atom is 0.302 e. The summed E-state index contributed by atoms with van der Waals surface area (Å²) in [4.78, 5) is 11.7. The molecule has 0 spiro atoms. The van der Waals surface area contributed by atoms with E-state index in [0.29, 0.717) is 30.1 Å². The number of aliphatic hydroxyl groups is 1. The second-order valence-electron chi connectivity index (χ2n) is 9.80. The molecule has 0 aliphatic heterocycles. The predicted molar refractivity (Wildman–Crippen MR) is 99.9 cm³/mol. The molecule has 2 fully saturated rings. The van der Waals surface area contributed by atoms with Crippen LogP contribution in [0.3, 0.4) is 0 Å². The average Bonchev–Trinajstić information content (AvgIpc) is 2.50. The van der Waals surface area contributed by atoms with Crippen molar-refractivity contribution in [2.24, 2.45) is 35.0 Å². The van der Waals surface area contributed by atoms with Gasteiger partial charge in [-0.25, -0.2) is 0 Å². The van der Waals surface area contributed by atoms with E-state index in [9.17, 15) is 9.90 Å². The van der Waals surface area contributed by atoms with Gasteiger partial charge in [0.05, 0.1) is 5.60 Å². The molecule has 3 rings (SSSR count). The molecule has 3 aliphatic carbocycles. The van der Waals surface area contributed by atoms with Crippen molar-refractivity contribution in [3.05, 3.63) is 11.6 Å². The highest BCUT2D eigenvalue weighted by Gasteiger charge is 2.61. The van der Waals surface area contributed by atoms with Crippen LogP contribution in [0.15, 0.2) is 11.6 Å². The lowest BCUT2D eigenvalue weighted by Crippen LogP contribution is -2.62. The van der Waals surface area contributed by atoms with Gasteiger partial charge in [-0.05, 0) is 69.6 Å². The molecular formula is C22H36O3. The Hall–Kier alpha value is -0.830. The third kappa shape index (κ3) is 3.07. The van der Waals surface area contributed by atoms with E-state index in [1.807, 2.05) is 6.92 Å². The van der Waals surface area contributed by atoms with Crippen LogP contribution in [-0.2, 0) is 9.53 Å². The van der Waals surface area contributed by atoms with Crippen molar-refractivity contribution in [2.45, 2.75) is 85.4 Å². The molecule has 25 heavy (non-hydrogen) atoms. The Morgan fingerprint density at radius 1 is 1.28 bits per heavy atom. The summed E-state index contributed by atoms with van der Waals surface area (Å²) in [5.74, 6) is 2.39. The maximum absolute atomic E-state index is 11.7. The van der Waals surface area contributed by atoms with Crippen LogP contribution < -0.4 is 0 Å². The Labute approximate surface area is 153 Å². The Balaban J connectivity index is 2.03. The van der Waals surface area contributed by atoms with E-state index in [-0.39, 0.29) is 23.4 Å². The number of allylic oxidation sites excluding steroid dienone is 2. The van der Waals surface area contributed by atoms with Crippen molar-refractivity contribution < 1.29 is 14.6 Å². The minimum Gasteiger partial charge on any atom is -0.462 e. The summed E-state index contributed by atoms with van der Waals surface area (Å²) in [5, 5.41) is 11.4. The average molecular weight is 349 g/mol. The molecule has 3 aliphatic rings. The molecule has 1 N–H and O–H groups in total. The van der Waals surface area contributed by atoms with E-state index >= 15 is 0 Å². The fraction of sp³-hybridized carbons (Fsp3) is 0.864. The molecule has 0 aromatic rings. The van der Waals surface area contributed by atoms with Gasteiger partial charge in [-0.3, -0.25) is 4.79 Å². The zero-order valence-corrected chi connectivity index (χ0v) is 16.8. The fourth-order valence-corrected chi connectivity index (χ4v) is 6.71. The van der Waals surface area contributed by atoms with Gasteiger partial charge in [0, 0.05) is 18.3 Å². The first-order chi connectivity index (χ1) is 11.6. The lowest BCUT2D eigenvalue weighted by molar-refractivity contribution is -0.211. The number of ether oxygens (including phenoxy) is 1. The second kappa shape index (κ2) is 6.40. The molecule has 0 bridgehead atoms. The minimum absolute atomic E-state index is 0.0663. The summed E-state index contributed by atoms with van der Waals surface area (Å²) >= 11 is 0. The quantitative estimate of drug-likeness (QED) is 0.579. The topological polar surface area (TPSA) is 46.5 Å². The molecule has 3 nitrogen and oxygen atoms in total. The molecule has 7 unspecified atom stereocenters. The molecule has 0 aromatic heterocycles. The number of hydrogen-bond acceptors (Lipinski definition) is 3. The third-order valence-electron chi connectivity index (χ3n) is 7.82. The van der Waals surface area contributed by atoms with Crippen LogP contribution in [0, 0.1) is 35.0 Å². The molecule has 0 heterocycles. The van der Waals surface area contributed by atoms with Crippen molar-refractivity contribution in [3.63, 3.8) is 0 Å². The third-order valence-corrected chi connectivity index (χ3v) is 7.82. The van der Waals surface area contributed by atoms with E-state index in [1.165, 1.54) is 25.3 Å². The molecule has 0 aromatic carbocycles. The molecule has 0 amide bonds. The molecule has 142 valence electrons. The largest absolute Gasteiger partial charge is 0.462 e. The van der Waals surface area contributed by atoms with Crippen molar-refractivity contribution in [1.29, 1.82) is 0 Å².